The van der Waals surface area contributed by atoms with Gasteiger partial charge in [0.05, 0.1) is 11.4 Å². The molecule has 0 bridgehead atoms. The summed E-state index contributed by atoms with van der Waals surface area (Å²) in [4.78, 5) is 6.55. The van der Waals surface area contributed by atoms with Gasteiger partial charge in [-0.25, -0.2) is 18.5 Å². The molecule has 3 N–H and O–H groups in total. The molecule has 0 aromatic heterocycles. The minimum absolute atomic E-state index is 0.0161. The number of sulfonamides is 1. The Balaban J connectivity index is 1.74. The van der Waals surface area contributed by atoms with Crippen LogP contribution in [-0.4, -0.2) is 31.6 Å². The first-order valence-electron chi connectivity index (χ1n) is 9.26. The Morgan fingerprint density at radius 2 is 1.63 bits per heavy atom. The van der Waals surface area contributed by atoms with E-state index < -0.39 is 15.7 Å². The summed E-state index contributed by atoms with van der Waals surface area (Å²) in [5.41, 5.74) is 1.11. The van der Waals surface area contributed by atoms with E-state index in [0.29, 0.717) is 22.8 Å². The molecular weight excluding hydrogens is 422 g/mol. The maximum Gasteiger partial charge on any atom is 0.238 e. The Morgan fingerprint density at radius 3 is 2.23 bits per heavy atom. The van der Waals surface area contributed by atoms with Crippen LogP contribution in [0.15, 0.2) is 88.8 Å². The first kappa shape index (κ1) is 20.6. The van der Waals surface area contributed by atoms with Crippen LogP contribution in [-0.2, 0) is 16.4 Å². The molecule has 1 unspecified atom stereocenters. The standard InChI is InChI=1S/C22H20ClN3O3S/c23-18-8-10-19(11-9-18)26-15-22(27,14-16-4-2-1-3-5-16)25-21(26)17-6-12-20(13-7-17)30(24,28)29/h1-13,27H,14-15H2,(H2,24,28,29). The van der Waals surface area contributed by atoms with Crippen molar-refractivity contribution >= 4 is 33.1 Å². The monoisotopic (exact) mass is 441 g/mol. The molecule has 0 fully saturated rings. The van der Waals surface area contributed by atoms with Gasteiger partial charge in [-0.3, -0.25) is 0 Å². The first-order chi connectivity index (χ1) is 14.2. The zero-order valence-electron chi connectivity index (χ0n) is 15.9. The van der Waals surface area contributed by atoms with Crippen molar-refractivity contribution in [2.24, 2.45) is 10.1 Å². The van der Waals surface area contributed by atoms with Crippen molar-refractivity contribution in [1.29, 1.82) is 0 Å². The zero-order chi connectivity index (χ0) is 21.4. The fourth-order valence-corrected chi connectivity index (χ4v) is 4.13. The molecule has 0 radical (unpaired) electrons. The highest BCUT2D eigenvalue weighted by Gasteiger charge is 2.38. The van der Waals surface area contributed by atoms with E-state index in [-0.39, 0.29) is 11.4 Å². The summed E-state index contributed by atoms with van der Waals surface area (Å²) < 4.78 is 23.1. The van der Waals surface area contributed by atoms with Crippen molar-refractivity contribution in [2.45, 2.75) is 17.0 Å². The molecule has 30 heavy (non-hydrogen) atoms. The van der Waals surface area contributed by atoms with Crippen LogP contribution < -0.4 is 10.0 Å². The summed E-state index contributed by atoms with van der Waals surface area (Å²) in [6.45, 7) is 0.246. The molecule has 0 saturated carbocycles. The van der Waals surface area contributed by atoms with Crippen molar-refractivity contribution in [2.75, 3.05) is 11.4 Å². The summed E-state index contributed by atoms with van der Waals surface area (Å²) >= 11 is 6.03. The van der Waals surface area contributed by atoms with E-state index in [4.69, 9.17) is 16.7 Å². The number of nitrogens with two attached hydrogens (primary N) is 1. The molecule has 154 valence electrons. The van der Waals surface area contributed by atoms with Crippen LogP contribution in [0.5, 0.6) is 0 Å². The number of rotatable bonds is 5. The smallest absolute Gasteiger partial charge is 0.238 e. The van der Waals surface area contributed by atoms with Gasteiger partial charge in [0.1, 0.15) is 5.84 Å². The van der Waals surface area contributed by atoms with Crippen LogP contribution in [0.3, 0.4) is 0 Å². The largest absolute Gasteiger partial charge is 0.367 e. The molecule has 4 rings (SSSR count). The molecule has 0 spiro atoms. The van der Waals surface area contributed by atoms with E-state index in [9.17, 15) is 13.5 Å². The number of hydrogen-bond acceptors (Lipinski definition) is 5. The molecule has 0 aliphatic carbocycles. The number of aliphatic imine (C=N–C) groups is 1. The lowest BCUT2D eigenvalue weighted by atomic mass is 10.0. The number of halogens is 1. The number of hydrogen-bond donors (Lipinski definition) is 2. The van der Waals surface area contributed by atoms with Crippen LogP contribution in [0.4, 0.5) is 5.69 Å². The van der Waals surface area contributed by atoms with Crippen molar-refractivity contribution in [3.63, 3.8) is 0 Å². The van der Waals surface area contributed by atoms with Gasteiger partial charge >= 0.3 is 0 Å². The number of benzene rings is 3. The number of nitrogens with zero attached hydrogens (tertiary/aromatic N) is 2. The predicted molar refractivity (Wildman–Crippen MR) is 118 cm³/mol. The minimum atomic E-state index is -3.79. The maximum absolute atomic E-state index is 11.6. The van der Waals surface area contributed by atoms with Gasteiger partial charge in [0, 0.05) is 22.7 Å². The lowest BCUT2D eigenvalue weighted by Gasteiger charge is -2.24. The molecule has 3 aromatic rings. The van der Waals surface area contributed by atoms with Crippen LogP contribution >= 0.6 is 11.6 Å². The summed E-state index contributed by atoms with van der Waals surface area (Å²) in [5, 5.41) is 17.1. The second-order valence-electron chi connectivity index (χ2n) is 7.21. The van der Waals surface area contributed by atoms with E-state index >= 15 is 0 Å². The topological polar surface area (TPSA) is 96.0 Å². The van der Waals surface area contributed by atoms with Crippen LogP contribution in [0.1, 0.15) is 11.1 Å². The molecule has 1 atom stereocenters. The van der Waals surface area contributed by atoms with Gasteiger partial charge in [-0.1, -0.05) is 41.9 Å². The Morgan fingerprint density at radius 1 is 1.00 bits per heavy atom. The number of anilines is 1. The molecular formula is C22H20ClN3O3S. The Kier molecular flexibility index (Phi) is 5.38. The normalized spacial score (nSPS) is 19.0. The third-order valence-electron chi connectivity index (χ3n) is 4.89. The van der Waals surface area contributed by atoms with Gasteiger partial charge in [0.2, 0.25) is 10.0 Å². The fourth-order valence-electron chi connectivity index (χ4n) is 3.49. The summed E-state index contributed by atoms with van der Waals surface area (Å²) in [6, 6.07) is 23.0. The van der Waals surface area contributed by atoms with Crippen molar-refractivity contribution in [1.82, 2.24) is 0 Å². The van der Waals surface area contributed by atoms with Crippen LogP contribution in [0.2, 0.25) is 5.02 Å². The lowest BCUT2D eigenvalue weighted by Crippen LogP contribution is -2.37. The highest BCUT2D eigenvalue weighted by atomic mass is 35.5. The van der Waals surface area contributed by atoms with Gasteiger partial charge in [0.15, 0.2) is 5.72 Å². The van der Waals surface area contributed by atoms with Gasteiger partial charge in [0.25, 0.3) is 0 Å². The number of aliphatic hydroxyl groups is 1. The average molecular weight is 442 g/mol. The molecule has 8 heteroatoms. The van der Waals surface area contributed by atoms with Crippen molar-refractivity contribution in [3.05, 3.63) is 95.0 Å². The Hall–Kier alpha value is -2.71. The second-order valence-corrected chi connectivity index (χ2v) is 9.21. The molecule has 1 aliphatic heterocycles. The van der Waals surface area contributed by atoms with E-state index in [1.54, 1.807) is 24.3 Å². The highest BCUT2D eigenvalue weighted by Crippen LogP contribution is 2.31. The molecule has 0 amide bonds. The lowest BCUT2D eigenvalue weighted by molar-refractivity contribution is 0.0677. The number of primary sulfonamides is 1. The average Bonchev–Trinajstić information content (AvgIpc) is 3.06. The summed E-state index contributed by atoms with van der Waals surface area (Å²) in [5.74, 6) is 0.539. The summed E-state index contributed by atoms with van der Waals surface area (Å²) in [6.07, 6.45) is 0.344. The fraction of sp³-hybridized carbons (Fsp3) is 0.136. The maximum atomic E-state index is 11.6. The molecule has 1 heterocycles. The quantitative estimate of drug-likeness (QED) is 0.635. The third-order valence-corrected chi connectivity index (χ3v) is 6.07. The molecule has 1 aliphatic rings. The zero-order valence-corrected chi connectivity index (χ0v) is 17.5. The van der Waals surface area contributed by atoms with E-state index in [1.807, 2.05) is 47.4 Å². The van der Waals surface area contributed by atoms with Gasteiger partial charge in [-0.2, -0.15) is 0 Å². The van der Waals surface area contributed by atoms with E-state index in [2.05, 4.69) is 4.99 Å². The van der Waals surface area contributed by atoms with Gasteiger partial charge in [-0.15, -0.1) is 0 Å². The van der Waals surface area contributed by atoms with E-state index in [1.165, 1.54) is 12.1 Å². The summed E-state index contributed by atoms with van der Waals surface area (Å²) in [7, 11) is -3.79. The van der Waals surface area contributed by atoms with Gasteiger partial charge < -0.3 is 10.0 Å². The first-order valence-corrected chi connectivity index (χ1v) is 11.2. The third kappa shape index (κ3) is 4.39. The predicted octanol–water partition coefficient (Wildman–Crippen LogP) is 3.19. The molecule has 0 saturated heterocycles. The van der Waals surface area contributed by atoms with Crippen molar-refractivity contribution in [3.8, 4) is 0 Å². The van der Waals surface area contributed by atoms with Crippen LogP contribution in [0.25, 0.3) is 0 Å². The molecule has 6 nitrogen and oxygen atoms in total. The Bertz CT molecular complexity index is 1180. The number of amidine groups is 1. The molecule has 3 aromatic carbocycles. The van der Waals surface area contributed by atoms with E-state index in [0.717, 1.165) is 11.3 Å². The minimum Gasteiger partial charge on any atom is -0.367 e. The van der Waals surface area contributed by atoms with Gasteiger partial charge in [-0.05, 0) is 54.1 Å². The van der Waals surface area contributed by atoms with Crippen molar-refractivity contribution < 1.29 is 13.5 Å². The Labute approximate surface area is 180 Å². The SMILES string of the molecule is NS(=O)(=O)c1ccc(C2=NC(O)(Cc3ccccc3)CN2c2ccc(Cl)cc2)cc1. The number of β-amino-alcohol motifs (C(OH)–C–C–N with tert-alkyl or cyclic N) is 1. The highest BCUT2D eigenvalue weighted by molar-refractivity contribution is 7.89. The van der Waals surface area contributed by atoms with Crippen LogP contribution in [0, 0.1) is 0 Å². The second kappa shape index (κ2) is 7.85.